The van der Waals surface area contributed by atoms with Crippen LogP contribution in [0.4, 0.5) is 0 Å². The highest BCUT2D eigenvalue weighted by atomic mass is 16.5. The Bertz CT molecular complexity index is 330. The van der Waals surface area contributed by atoms with Crippen LogP contribution in [0.5, 0.6) is 0 Å². The van der Waals surface area contributed by atoms with E-state index < -0.39 is 5.41 Å². The van der Waals surface area contributed by atoms with E-state index in [1.807, 2.05) is 13.8 Å². The zero-order valence-electron chi connectivity index (χ0n) is 12.4. The van der Waals surface area contributed by atoms with Gasteiger partial charge in [0.25, 0.3) is 0 Å². The molecule has 1 fully saturated rings. The maximum absolute atomic E-state index is 12.5. The van der Waals surface area contributed by atoms with Gasteiger partial charge < -0.3 is 10.1 Å². The molecule has 0 heterocycles. The number of hydrogen-bond donors (Lipinski definition) is 1. The van der Waals surface area contributed by atoms with Crippen molar-refractivity contribution < 1.29 is 9.53 Å². The fourth-order valence-electron chi connectivity index (χ4n) is 2.98. The number of methoxy groups -OCH3 is 1. The first-order valence-corrected chi connectivity index (χ1v) is 7.36. The lowest BCUT2D eigenvalue weighted by atomic mass is 9.79. The number of nitrogens with one attached hydrogen (secondary N) is 1. The lowest BCUT2D eigenvalue weighted by molar-refractivity contribution is -0.129. The second-order valence-corrected chi connectivity index (χ2v) is 5.54. The quantitative estimate of drug-likeness (QED) is 0.770. The van der Waals surface area contributed by atoms with Gasteiger partial charge in [-0.3, -0.25) is 4.79 Å². The molecule has 0 radical (unpaired) electrons. The topological polar surface area (TPSA) is 62.1 Å². The predicted octanol–water partition coefficient (Wildman–Crippen LogP) is 2.78. The third-order valence-electron chi connectivity index (χ3n) is 4.06. The summed E-state index contributed by atoms with van der Waals surface area (Å²) in [6.45, 7) is 4.04. The molecule has 0 aliphatic heterocycles. The Morgan fingerprint density at radius 3 is 2.42 bits per heavy atom. The van der Waals surface area contributed by atoms with Crippen molar-refractivity contribution in [2.75, 3.05) is 7.11 Å². The standard InChI is InChI=1S/C15H26N2O2/c1-4-8-15(11-16,9-5-2)14(18)17-12-6-7-13(10-12)19-3/h12-13H,4-10H2,1-3H3,(H,17,18). The molecule has 4 heteroatoms. The molecular formula is C15H26N2O2. The highest BCUT2D eigenvalue weighted by Gasteiger charge is 2.39. The molecule has 0 aromatic heterocycles. The second kappa shape index (κ2) is 7.49. The molecule has 4 nitrogen and oxygen atoms in total. The van der Waals surface area contributed by atoms with Crippen LogP contribution in [0.1, 0.15) is 58.8 Å². The van der Waals surface area contributed by atoms with Crippen LogP contribution in [-0.4, -0.2) is 25.2 Å². The molecule has 1 aliphatic rings. The van der Waals surface area contributed by atoms with Crippen LogP contribution in [0.15, 0.2) is 0 Å². The molecule has 0 aromatic rings. The molecule has 0 bridgehead atoms. The van der Waals surface area contributed by atoms with Crippen molar-refractivity contribution in [2.24, 2.45) is 5.41 Å². The van der Waals surface area contributed by atoms with Gasteiger partial charge in [0.2, 0.25) is 5.91 Å². The van der Waals surface area contributed by atoms with Crippen LogP contribution in [0.25, 0.3) is 0 Å². The van der Waals surface area contributed by atoms with E-state index >= 15 is 0 Å². The van der Waals surface area contributed by atoms with Gasteiger partial charge in [-0.25, -0.2) is 0 Å². The molecule has 0 spiro atoms. The Labute approximate surface area is 116 Å². The average Bonchev–Trinajstić information content (AvgIpc) is 2.86. The fourth-order valence-corrected chi connectivity index (χ4v) is 2.98. The van der Waals surface area contributed by atoms with Gasteiger partial charge in [0.1, 0.15) is 5.41 Å². The Balaban J connectivity index is 2.65. The van der Waals surface area contributed by atoms with Gasteiger partial charge in [0.05, 0.1) is 12.2 Å². The molecule has 19 heavy (non-hydrogen) atoms. The number of ether oxygens (including phenoxy) is 1. The van der Waals surface area contributed by atoms with E-state index in [2.05, 4.69) is 11.4 Å². The van der Waals surface area contributed by atoms with Crippen LogP contribution < -0.4 is 5.32 Å². The number of rotatable bonds is 7. The summed E-state index contributed by atoms with van der Waals surface area (Å²) in [5.74, 6) is -0.0829. The molecule has 1 aliphatic carbocycles. The minimum Gasteiger partial charge on any atom is -0.381 e. The molecule has 2 unspecified atom stereocenters. The van der Waals surface area contributed by atoms with E-state index in [1.165, 1.54) is 0 Å². The van der Waals surface area contributed by atoms with Crippen LogP contribution in [0.2, 0.25) is 0 Å². The third kappa shape index (κ3) is 3.94. The van der Waals surface area contributed by atoms with Gasteiger partial charge in [-0.15, -0.1) is 0 Å². The first-order valence-electron chi connectivity index (χ1n) is 7.36. The maximum Gasteiger partial charge on any atom is 0.240 e. The van der Waals surface area contributed by atoms with Crippen molar-refractivity contribution in [1.29, 1.82) is 5.26 Å². The molecule has 1 rings (SSSR count). The third-order valence-corrected chi connectivity index (χ3v) is 4.06. The minimum absolute atomic E-state index is 0.0829. The first kappa shape index (κ1) is 16.0. The number of hydrogen-bond acceptors (Lipinski definition) is 3. The molecule has 0 saturated heterocycles. The van der Waals surface area contributed by atoms with Crippen molar-refractivity contribution in [2.45, 2.75) is 70.9 Å². The van der Waals surface area contributed by atoms with Crippen LogP contribution in [0, 0.1) is 16.7 Å². The summed E-state index contributed by atoms with van der Waals surface area (Å²) in [6.07, 6.45) is 6.04. The summed E-state index contributed by atoms with van der Waals surface area (Å²) >= 11 is 0. The lowest BCUT2D eigenvalue weighted by Gasteiger charge is -2.26. The van der Waals surface area contributed by atoms with Crippen LogP contribution in [-0.2, 0) is 9.53 Å². The Morgan fingerprint density at radius 2 is 2.00 bits per heavy atom. The summed E-state index contributed by atoms with van der Waals surface area (Å²) in [4.78, 5) is 12.5. The minimum atomic E-state index is -0.839. The number of amides is 1. The highest BCUT2D eigenvalue weighted by molar-refractivity contribution is 5.85. The van der Waals surface area contributed by atoms with Gasteiger partial charge in [0, 0.05) is 13.2 Å². The summed E-state index contributed by atoms with van der Waals surface area (Å²) in [6, 6.07) is 2.44. The van der Waals surface area contributed by atoms with E-state index in [4.69, 9.17) is 4.74 Å². The summed E-state index contributed by atoms with van der Waals surface area (Å²) in [5, 5.41) is 12.5. The molecule has 1 N–H and O–H groups in total. The van der Waals surface area contributed by atoms with Crippen molar-refractivity contribution in [3.05, 3.63) is 0 Å². The smallest absolute Gasteiger partial charge is 0.240 e. The number of nitrogens with zero attached hydrogens (tertiary/aromatic N) is 1. The van der Waals surface area contributed by atoms with Crippen LogP contribution >= 0.6 is 0 Å². The number of nitriles is 1. The van der Waals surface area contributed by atoms with Gasteiger partial charge >= 0.3 is 0 Å². The average molecular weight is 266 g/mol. The summed E-state index contributed by atoms with van der Waals surface area (Å²) < 4.78 is 5.31. The molecule has 1 saturated carbocycles. The van der Waals surface area contributed by atoms with Gasteiger partial charge in [-0.2, -0.15) is 5.26 Å². The highest BCUT2D eigenvalue weighted by Crippen LogP contribution is 2.31. The Morgan fingerprint density at radius 1 is 1.37 bits per heavy atom. The largest absolute Gasteiger partial charge is 0.381 e. The first-order chi connectivity index (χ1) is 9.11. The molecule has 2 atom stereocenters. The molecule has 0 aromatic carbocycles. The number of carbonyl (C=O) groups excluding carboxylic acids is 1. The predicted molar refractivity (Wildman–Crippen MR) is 74.4 cm³/mol. The summed E-state index contributed by atoms with van der Waals surface area (Å²) in [5.41, 5.74) is -0.839. The van der Waals surface area contributed by atoms with E-state index in [0.29, 0.717) is 12.8 Å². The zero-order chi connectivity index (χ0) is 14.3. The van der Waals surface area contributed by atoms with E-state index in [-0.39, 0.29) is 18.1 Å². The lowest BCUT2D eigenvalue weighted by Crippen LogP contribution is -2.44. The van der Waals surface area contributed by atoms with Gasteiger partial charge in [-0.1, -0.05) is 26.7 Å². The van der Waals surface area contributed by atoms with Crippen LogP contribution in [0.3, 0.4) is 0 Å². The van der Waals surface area contributed by atoms with Gasteiger partial charge in [-0.05, 0) is 32.1 Å². The Kier molecular flexibility index (Phi) is 6.30. The van der Waals surface area contributed by atoms with Crippen molar-refractivity contribution in [1.82, 2.24) is 5.32 Å². The summed E-state index contributed by atoms with van der Waals surface area (Å²) in [7, 11) is 1.71. The molecule has 1 amide bonds. The SMILES string of the molecule is CCCC(C#N)(CCC)C(=O)NC1CCC(OC)C1. The van der Waals surface area contributed by atoms with E-state index in [0.717, 1.165) is 32.1 Å². The van der Waals surface area contributed by atoms with E-state index in [1.54, 1.807) is 7.11 Å². The van der Waals surface area contributed by atoms with Gasteiger partial charge in [0.15, 0.2) is 0 Å². The Hall–Kier alpha value is -1.08. The van der Waals surface area contributed by atoms with Crippen molar-refractivity contribution in [3.63, 3.8) is 0 Å². The molecule has 108 valence electrons. The number of carbonyl (C=O) groups is 1. The van der Waals surface area contributed by atoms with Crippen molar-refractivity contribution in [3.8, 4) is 6.07 Å². The monoisotopic (exact) mass is 266 g/mol. The normalized spacial score (nSPS) is 23.1. The molecular weight excluding hydrogens is 240 g/mol. The second-order valence-electron chi connectivity index (χ2n) is 5.54. The fraction of sp³-hybridized carbons (Fsp3) is 0.867. The van der Waals surface area contributed by atoms with E-state index in [9.17, 15) is 10.1 Å². The zero-order valence-corrected chi connectivity index (χ0v) is 12.4. The maximum atomic E-state index is 12.5. The van der Waals surface area contributed by atoms with Crippen molar-refractivity contribution >= 4 is 5.91 Å².